The molecule has 1 aliphatic heterocycles. The number of ether oxygens (including phenoxy) is 2. The van der Waals surface area contributed by atoms with Gasteiger partial charge in [0, 0.05) is 39.3 Å². The van der Waals surface area contributed by atoms with Crippen LogP contribution >= 0.6 is 0 Å². The Morgan fingerprint density at radius 1 is 0.862 bits per heavy atom. The highest BCUT2D eigenvalue weighted by Crippen LogP contribution is 2.28. The summed E-state index contributed by atoms with van der Waals surface area (Å²) in [7, 11) is -0.330. The van der Waals surface area contributed by atoms with Gasteiger partial charge in [0.25, 0.3) is 0 Å². The van der Waals surface area contributed by atoms with Crippen molar-refractivity contribution in [3.8, 4) is 17.2 Å². The molecule has 0 spiro atoms. The molecule has 2 aromatic rings. The number of hydrogen-bond acceptors (Lipinski definition) is 7. The van der Waals surface area contributed by atoms with Crippen LogP contribution in [0.1, 0.15) is 5.56 Å². The molecule has 1 saturated heterocycles. The normalized spacial score (nSPS) is 15.8. The number of methoxy groups -OCH3 is 2. The van der Waals surface area contributed by atoms with Crippen molar-refractivity contribution < 1.29 is 22.1 Å². The number of para-hydroxylation sites is 1. The summed E-state index contributed by atoms with van der Waals surface area (Å²) < 4.78 is 40.2. The van der Waals surface area contributed by atoms with Crippen molar-refractivity contribution >= 4 is 10.1 Å². The summed E-state index contributed by atoms with van der Waals surface area (Å²) in [4.78, 5) is 4.52. The van der Waals surface area contributed by atoms with Gasteiger partial charge in [-0.1, -0.05) is 24.3 Å². The fourth-order valence-corrected chi connectivity index (χ4v) is 4.28. The Morgan fingerprint density at radius 2 is 1.52 bits per heavy atom. The van der Waals surface area contributed by atoms with Crippen LogP contribution in [0.15, 0.2) is 48.5 Å². The van der Waals surface area contributed by atoms with E-state index in [1.54, 1.807) is 38.5 Å². The van der Waals surface area contributed by atoms with Crippen LogP contribution in [0.2, 0.25) is 0 Å². The fraction of sp³-hybridized carbons (Fsp3) is 0.429. The molecule has 0 saturated carbocycles. The molecule has 1 aliphatic rings. The van der Waals surface area contributed by atoms with Crippen LogP contribution in [-0.2, 0) is 16.7 Å². The van der Waals surface area contributed by atoms with Crippen LogP contribution in [-0.4, -0.2) is 70.9 Å². The number of rotatable bonds is 9. The average Bonchev–Trinajstić information content (AvgIpc) is 2.73. The summed E-state index contributed by atoms with van der Waals surface area (Å²) in [5, 5.41) is 0. The maximum atomic E-state index is 12.2. The van der Waals surface area contributed by atoms with Gasteiger partial charge >= 0.3 is 10.1 Å². The van der Waals surface area contributed by atoms with Crippen LogP contribution in [0.4, 0.5) is 0 Å². The lowest BCUT2D eigenvalue weighted by molar-refractivity contribution is 0.132. The molecule has 0 amide bonds. The number of piperazine rings is 1. The van der Waals surface area contributed by atoms with Crippen molar-refractivity contribution in [1.29, 1.82) is 0 Å². The number of benzene rings is 2. The molecule has 7 nitrogen and oxygen atoms in total. The lowest BCUT2D eigenvalue weighted by Crippen LogP contribution is -2.47. The van der Waals surface area contributed by atoms with E-state index in [-0.39, 0.29) is 5.75 Å². The Bertz CT molecular complexity index is 881. The second kappa shape index (κ2) is 9.96. The van der Waals surface area contributed by atoms with Crippen molar-refractivity contribution in [1.82, 2.24) is 9.80 Å². The quantitative estimate of drug-likeness (QED) is 0.576. The lowest BCUT2D eigenvalue weighted by atomic mass is 10.1. The summed E-state index contributed by atoms with van der Waals surface area (Å²) in [6, 6.07) is 14.6. The van der Waals surface area contributed by atoms with Gasteiger partial charge in [-0.25, -0.2) is 0 Å². The molecule has 2 aromatic carbocycles. The summed E-state index contributed by atoms with van der Waals surface area (Å²) in [5.74, 6) is 1.79. The topological polar surface area (TPSA) is 68.3 Å². The van der Waals surface area contributed by atoms with Gasteiger partial charge in [0.2, 0.25) is 0 Å². The zero-order valence-electron chi connectivity index (χ0n) is 16.9. The first kappa shape index (κ1) is 21.4. The van der Waals surface area contributed by atoms with Crippen LogP contribution in [0.5, 0.6) is 17.2 Å². The van der Waals surface area contributed by atoms with Gasteiger partial charge in [-0.05, 0) is 29.8 Å². The Hall–Kier alpha value is -2.29. The molecule has 158 valence electrons. The molecule has 0 bridgehead atoms. The van der Waals surface area contributed by atoms with E-state index in [0.717, 1.165) is 49.8 Å². The molecule has 0 N–H and O–H groups in total. The minimum absolute atomic E-state index is 0.0163. The highest BCUT2D eigenvalue weighted by atomic mass is 32.2. The van der Waals surface area contributed by atoms with Crippen LogP contribution in [0.3, 0.4) is 0 Å². The van der Waals surface area contributed by atoms with E-state index in [4.69, 9.17) is 13.7 Å². The first-order chi connectivity index (χ1) is 14.0. The minimum atomic E-state index is -3.59. The number of hydrogen-bond donors (Lipinski definition) is 0. The summed E-state index contributed by atoms with van der Waals surface area (Å²) >= 11 is 0. The highest BCUT2D eigenvalue weighted by molar-refractivity contribution is 7.87. The molecule has 0 radical (unpaired) electrons. The van der Waals surface area contributed by atoms with Crippen LogP contribution in [0, 0.1) is 0 Å². The van der Waals surface area contributed by atoms with Crippen molar-refractivity contribution in [3.63, 3.8) is 0 Å². The van der Waals surface area contributed by atoms with Gasteiger partial charge < -0.3 is 13.7 Å². The molecule has 8 heteroatoms. The molecular weight excluding hydrogens is 392 g/mol. The molecule has 1 heterocycles. The van der Waals surface area contributed by atoms with E-state index in [1.807, 2.05) is 24.3 Å². The van der Waals surface area contributed by atoms with Gasteiger partial charge in [0.05, 0.1) is 20.0 Å². The van der Waals surface area contributed by atoms with Gasteiger partial charge in [-0.3, -0.25) is 9.80 Å². The van der Waals surface area contributed by atoms with Crippen LogP contribution < -0.4 is 13.7 Å². The zero-order chi connectivity index (χ0) is 20.7. The Kier molecular flexibility index (Phi) is 7.35. The van der Waals surface area contributed by atoms with Crippen molar-refractivity contribution in [3.05, 3.63) is 54.1 Å². The molecule has 1 fully saturated rings. The third kappa shape index (κ3) is 6.35. The molecular formula is C21H28N2O5S. The number of nitrogens with zero attached hydrogens (tertiary/aromatic N) is 2. The van der Waals surface area contributed by atoms with E-state index >= 15 is 0 Å². The molecule has 29 heavy (non-hydrogen) atoms. The second-order valence-electron chi connectivity index (χ2n) is 6.97. The fourth-order valence-electron chi connectivity index (χ4n) is 3.31. The molecule has 0 aromatic heterocycles. The molecule has 0 unspecified atom stereocenters. The smallest absolute Gasteiger partial charge is 0.310 e. The first-order valence-electron chi connectivity index (χ1n) is 9.62. The largest absolute Gasteiger partial charge is 0.493 e. The monoisotopic (exact) mass is 420 g/mol. The molecule has 0 aliphatic carbocycles. The summed E-state index contributed by atoms with van der Waals surface area (Å²) in [6.07, 6.45) is 0. The van der Waals surface area contributed by atoms with Gasteiger partial charge in [-0.15, -0.1) is 0 Å². The second-order valence-corrected chi connectivity index (χ2v) is 8.66. The molecule has 3 rings (SSSR count). The predicted molar refractivity (Wildman–Crippen MR) is 112 cm³/mol. The predicted octanol–water partition coefficient (Wildman–Crippen LogP) is 2.23. The van der Waals surface area contributed by atoms with Crippen molar-refractivity contribution in [2.24, 2.45) is 0 Å². The third-order valence-corrected chi connectivity index (χ3v) is 6.07. The van der Waals surface area contributed by atoms with E-state index in [9.17, 15) is 8.42 Å². The highest BCUT2D eigenvalue weighted by Gasteiger charge is 2.20. The van der Waals surface area contributed by atoms with E-state index in [2.05, 4.69) is 9.80 Å². The SMILES string of the molecule is COc1ccc(CN2CCN(CCS(=O)(=O)Oc3ccccc3)CC2)cc1OC. The average molecular weight is 421 g/mol. The summed E-state index contributed by atoms with van der Waals surface area (Å²) in [6.45, 7) is 4.72. The lowest BCUT2D eigenvalue weighted by Gasteiger charge is -2.34. The van der Waals surface area contributed by atoms with Crippen molar-refractivity contribution in [2.75, 3.05) is 52.7 Å². The molecule has 0 atom stereocenters. The van der Waals surface area contributed by atoms with E-state index in [0.29, 0.717) is 12.3 Å². The van der Waals surface area contributed by atoms with Crippen LogP contribution in [0.25, 0.3) is 0 Å². The van der Waals surface area contributed by atoms with Gasteiger partial charge in [0.1, 0.15) is 5.75 Å². The zero-order valence-corrected chi connectivity index (χ0v) is 17.7. The van der Waals surface area contributed by atoms with E-state index in [1.165, 1.54) is 0 Å². The van der Waals surface area contributed by atoms with Crippen molar-refractivity contribution in [2.45, 2.75) is 6.54 Å². The maximum absolute atomic E-state index is 12.2. The Balaban J connectivity index is 1.44. The first-order valence-corrected chi connectivity index (χ1v) is 11.2. The Labute approximate surface area is 172 Å². The minimum Gasteiger partial charge on any atom is -0.493 e. The third-order valence-electron chi connectivity index (χ3n) is 4.94. The van der Waals surface area contributed by atoms with Gasteiger partial charge in [0.15, 0.2) is 11.5 Å². The Morgan fingerprint density at radius 3 is 2.17 bits per heavy atom. The summed E-state index contributed by atoms with van der Waals surface area (Å²) in [5.41, 5.74) is 1.16. The standard InChI is InChI=1S/C21H28N2O5S/c1-26-20-9-8-18(16-21(20)27-2)17-23-12-10-22(11-13-23)14-15-29(24,25)28-19-6-4-3-5-7-19/h3-9,16H,10-15,17H2,1-2H3. The maximum Gasteiger partial charge on any atom is 0.310 e. The van der Waals surface area contributed by atoms with E-state index < -0.39 is 10.1 Å². The van der Waals surface area contributed by atoms with Gasteiger partial charge in [-0.2, -0.15) is 8.42 Å².